The summed E-state index contributed by atoms with van der Waals surface area (Å²) < 4.78 is 5.64. The van der Waals surface area contributed by atoms with E-state index in [1.807, 2.05) is 24.0 Å². The van der Waals surface area contributed by atoms with Crippen LogP contribution in [0.25, 0.3) is 0 Å². The number of carboxylic acid groups (broad SMARTS) is 1. The second-order valence-corrected chi connectivity index (χ2v) is 10.1. The first-order valence-electron chi connectivity index (χ1n) is 13.7. The molecule has 0 unspecified atom stereocenters. The lowest BCUT2D eigenvalue weighted by atomic mass is 9.83. The maximum Gasteiger partial charge on any atom is 0.308 e. The lowest BCUT2D eigenvalue weighted by molar-refractivity contribution is -0.144. The van der Waals surface area contributed by atoms with Gasteiger partial charge in [-0.05, 0) is 43.4 Å². The first kappa shape index (κ1) is 28.9. The lowest BCUT2D eigenvalue weighted by Crippen LogP contribution is -2.46. The Bertz CT molecular complexity index is 930. The fraction of sp³-hybridized carbons (Fsp3) is 0.679. The molecule has 0 radical (unpaired) electrons. The van der Waals surface area contributed by atoms with E-state index in [2.05, 4.69) is 13.0 Å². The molecule has 0 saturated carbocycles. The summed E-state index contributed by atoms with van der Waals surface area (Å²) in [6.07, 6.45) is 3.63. The Balaban J connectivity index is 1.88. The van der Waals surface area contributed by atoms with Crippen LogP contribution in [-0.4, -0.2) is 101 Å². The van der Waals surface area contributed by atoms with Crippen molar-refractivity contribution in [2.75, 3.05) is 52.5 Å². The van der Waals surface area contributed by atoms with Gasteiger partial charge in [-0.2, -0.15) is 0 Å². The van der Waals surface area contributed by atoms with Crippen LogP contribution in [0.3, 0.4) is 0 Å². The van der Waals surface area contributed by atoms with Crippen molar-refractivity contribution >= 4 is 17.8 Å². The number of unbranched alkanes of at least 4 members (excludes halogenated alkanes) is 1. The van der Waals surface area contributed by atoms with Crippen molar-refractivity contribution in [3.8, 4) is 5.75 Å². The van der Waals surface area contributed by atoms with Crippen molar-refractivity contribution in [1.82, 2.24) is 14.7 Å². The molecule has 1 fully saturated rings. The van der Waals surface area contributed by atoms with E-state index in [0.717, 1.165) is 36.1 Å². The van der Waals surface area contributed by atoms with Gasteiger partial charge in [0.25, 0.3) is 0 Å². The number of benzene rings is 1. The Morgan fingerprint density at radius 1 is 1.11 bits per heavy atom. The van der Waals surface area contributed by atoms with Crippen molar-refractivity contribution in [2.45, 2.75) is 64.8 Å². The molecular weight excluding hydrogens is 474 g/mol. The Morgan fingerprint density at radius 3 is 2.51 bits per heavy atom. The molecule has 2 aliphatic rings. The minimum atomic E-state index is -0.879. The molecule has 9 nitrogen and oxygen atoms in total. The van der Waals surface area contributed by atoms with Gasteiger partial charge in [0.1, 0.15) is 5.75 Å². The highest BCUT2D eigenvalue weighted by Crippen LogP contribution is 2.41. The Kier molecular flexibility index (Phi) is 10.8. The highest BCUT2D eigenvalue weighted by molar-refractivity contribution is 5.79. The minimum Gasteiger partial charge on any atom is -0.493 e. The average Bonchev–Trinajstić information content (AvgIpc) is 3.48. The third-order valence-corrected chi connectivity index (χ3v) is 7.76. The van der Waals surface area contributed by atoms with E-state index in [1.54, 1.807) is 9.80 Å². The normalized spacial score (nSPS) is 20.9. The monoisotopic (exact) mass is 517 g/mol. The van der Waals surface area contributed by atoms with Crippen LogP contribution in [0.4, 0.5) is 0 Å². The van der Waals surface area contributed by atoms with E-state index in [1.165, 1.54) is 6.92 Å². The molecule has 1 aromatic carbocycles. The van der Waals surface area contributed by atoms with Crippen LogP contribution in [0.1, 0.15) is 63.5 Å². The number of aliphatic hydroxyl groups is 1. The molecule has 0 aliphatic carbocycles. The molecule has 0 spiro atoms. The number of fused-ring (bicyclic) bond motifs is 1. The summed E-state index contributed by atoms with van der Waals surface area (Å²) in [6.45, 7) is 8.85. The molecule has 0 aromatic heterocycles. The summed E-state index contributed by atoms with van der Waals surface area (Å²) in [5.41, 5.74) is 2.05. The zero-order chi connectivity index (χ0) is 26.9. The molecule has 3 rings (SSSR count). The number of likely N-dealkylation sites (tertiary alicyclic amines) is 1. The molecule has 9 heteroatoms. The van der Waals surface area contributed by atoms with Crippen molar-refractivity contribution < 1.29 is 29.3 Å². The Labute approximate surface area is 220 Å². The standard InChI is InChI=1S/C28H43N3O6/c1-4-6-12-30(13-7-15-32)26(34)19-31-18-23(21-8-9-25-22(17-21)11-16-37-25)27(28(35)36)24(31)10-14-29(5-2)20(3)33/h8-9,17,23-24,27,32H,4-7,10-16,18-19H2,1-3H3,(H,35,36)/t23-,24+,27-/m1/s1. The van der Waals surface area contributed by atoms with Gasteiger partial charge < -0.3 is 24.7 Å². The van der Waals surface area contributed by atoms with E-state index >= 15 is 0 Å². The molecule has 2 heterocycles. The number of ether oxygens (including phenoxy) is 1. The molecule has 1 aromatic rings. The quantitative estimate of drug-likeness (QED) is 0.390. The maximum absolute atomic E-state index is 13.4. The first-order chi connectivity index (χ1) is 17.8. The highest BCUT2D eigenvalue weighted by atomic mass is 16.5. The molecular formula is C28H43N3O6. The predicted octanol–water partition coefficient (Wildman–Crippen LogP) is 2.36. The Morgan fingerprint density at radius 2 is 1.86 bits per heavy atom. The second-order valence-electron chi connectivity index (χ2n) is 10.1. The molecule has 2 amide bonds. The van der Waals surface area contributed by atoms with Crippen molar-refractivity contribution in [2.24, 2.45) is 5.92 Å². The number of amides is 2. The summed E-state index contributed by atoms with van der Waals surface area (Å²) >= 11 is 0. The fourth-order valence-electron chi connectivity index (χ4n) is 5.70. The van der Waals surface area contributed by atoms with Gasteiger partial charge in [-0.3, -0.25) is 19.3 Å². The lowest BCUT2D eigenvalue weighted by Gasteiger charge is -2.31. The largest absolute Gasteiger partial charge is 0.493 e. The van der Waals surface area contributed by atoms with Crippen LogP contribution < -0.4 is 4.74 Å². The van der Waals surface area contributed by atoms with E-state index < -0.39 is 11.9 Å². The van der Waals surface area contributed by atoms with Gasteiger partial charge in [0, 0.05) is 64.6 Å². The maximum atomic E-state index is 13.4. The number of aliphatic carboxylic acids is 1. The van der Waals surface area contributed by atoms with Gasteiger partial charge >= 0.3 is 5.97 Å². The summed E-state index contributed by atoms with van der Waals surface area (Å²) in [6, 6.07) is 5.56. The minimum absolute atomic E-state index is 0.0192. The van der Waals surface area contributed by atoms with Crippen LogP contribution >= 0.6 is 0 Å². The number of carbonyl (C=O) groups excluding carboxylic acids is 2. The number of rotatable bonds is 14. The number of hydrogen-bond acceptors (Lipinski definition) is 6. The molecule has 2 aliphatic heterocycles. The first-order valence-corrected chi connectivity index (χ1v) is 13.7. The zero-order valence-electron chi connectivity index (χ0n) is 22.5. The highest BCUT2D eigenvalue weighted by Gasteiger charge is 2.47. The van der Waals surface area contributed by atoms with Crippen molar-refractivity contribution in [1.29, 1.82) is 0 Å². The van der Waals surface area contributed by atoms with E-state index in [-0.39, 0.29) is 36.9 Å². The second kappa shape index (κ2) is 13.8. The van der Waals surface area contributed by atoms with Crippen molar-refractivity contribution in [3.63, 3.8) is 0 Å². The van der Waals surface area contributed by atoms with Gasteiger partial charge in [-0.25, -0.2) is 0 Å². The van der Waals surface area contributed by atoms with Crippen LogP contribution in [0, 0.1) is 5.92 Å². The van der Waals surface area contributed by atoms with E-state index in [0.29, 0.717) is 52.2 Å². The third-order valence-electron chi connectivity index (χ3n) is 7.76. The van der Waals surface area contributed by atoms with Gasteiger partial charge in [-0.1, -0.05) is 25.5 Å². The zero-order valence-corrected chi connectivity index (χ0v) is 22.5. The van der Waals surface area contributed by atoms with Gasteiger partial charge in [0.15, 0.2) is 0 Å². The molecule has 1 saturated heterocycles. The van der Waals surface area contributed by atoms with Crippen LogP contribution in [0.15, 0.2) is 18.2 Å². The average molecular weight is 518 g/mol. The summed E-state index contributed by atoms with van der Waals surface area (Å²) in [5.74, 6) is -1.07. The van der Waals surface area contributed by atoms with E-state index in [9.17, 15) is 24.6 Å². The molecule has 37 heavy (non-hydrogen) atoms. The smallest absolute Gasteiger partial charge is 0.308 e. The van der Waals surface area contributed by atoms with Crippen LogP contribution in [0.2, 0.25) is 0 Å². The van der Waals surface area contributed by atoms with Crippen LogP contribution in [-0.2, 0) is 20.8 Å². The molecule has 0 bridgehead atoms. The predicted molar refractivity (Wildman–Crippen MR) is 141 cm³/mol. The number of hydrogen-bond donors (Lipinski definition) is 2. The summed E-state index contributed by atoms with van der Waals surface area (Å²) in [5, 5.41) is 19.7. The molecule has 3 atom stereocenters. The number of carbonyl (C=O) groups is 3. The summed E-state index contributed by atoms with van der Waals surface area (Å²) in [7, 11) is 0. The third kappa shape index (κ3) is 7.23. The fourth-order valence-corrected chi connectivity index (χ4v) is 5.70. The number of aliphatic hydroxyl groups excluding tert-OH is 1. The van der Waals surface area contributed by atoms with Crippen LogP contribution in [0.5, 0.6) is 5.75 Å². The SMILES string of the molecule is CCCCN(CCCO)C(=O)CN1C[C@H](c2ccc3c(c2)CCO3)[C@@H](C(=O)O)[C@@H]1CCN(CC)C(C)=O. The molecule has 2 N–H and O–H groups in total. The van der Waals surface area contributed by atoms with Gasteiger partial charge in [-0.15, -0.1) is 0 Å². The topological polar surface area (TPSA) is 111 Å². The van der Waals surface area contributed by atoms with Gasteiger partial charge in [0.2, 0.25) is 11.8 Å². The van der Waals surface area contributed by atoms with E-state index in [4.69, 9.17) is 4.74 Å². The number of carboxylic acids is 1. The summed E-state index contributed by atoms with van der Waals surface area (Å²) in [4.78, 5) is 43.6. The Hall–Kier alpha value is -2.65. The molecule has 206 valence electrons. The number of nitrogens with zero attached hydrogens (tertiary/aromatic N) is 3. The van der Waals surface area contributed by atoms with Gasteiger partial charge in [0.05, 0.1) is 19.1 Å². The van der Waals surface area contributed by atoms with Crippen molar-refractivity contribution in [3.05, 3.63) is 29.3 Å².